The topological polar surface area (TPSA) is 192 Å². The number of rotatable bonds is 15. The van der Waals surface area contributed by atoms with E-state index in [2.05, 4.69) is 25.6 Å². The molecule has 1 unspecified atom stereocenters. The lowest BCUT2D eigenvalue weighted by atomic mass is 9.98. The number of carboxylic acids is 1. The number of methoxy groups -OCH3 is 1. The van der Waals surface area contributed by atoms with Crippen LogP contribution in [-0.2, 0) is 30.4 Å². The van der Waals surface area contributed by atoms with Crippen LogP contribution in [0.3, 0.4) is 0 Å². The summed E-state index contributed by atoms with van der Waals surface area (Å²) in [6.07, 6.45) is 0.829. The maximum absolute atomic E-state index is 13.1. The zero-order chi connectivity index (χ0) is 33.6. The van der Waals surface area contributed by atoms with E-state index in [1.165, 1.54) is 7.11 Å². The molecular weight excluding hydrogens is 634 g/mol. The van der Waals surface area contributed by atoms with Crippen molar-refractivity contribution in [2.75, 3.05) is 20.3 Å². The van der Waals surface area contributed by atoms with Crippen LogP contribution < -0.4 is 0 Å². The minimum Gasteiger partial charge on any atom is -0.474 e. The van der Waals surface area contributed by atoms with E-state index in [1.807, 2.05) is 55.5 Å². The summed E-state index contributed by atoms with van der Waals surface area (Å²) in [6, 6.07) is 15.4. The molecule has 16 heteroatoms. The van der Waals surface area contributed by atoms with Gasteiger partial charge >= 0.3 is 11.9 Å². The van der Waals surface area contributed by atoms with E-state index < -0.39 is 35.2 Å². The molecule has 0 amide bonds. The van der Waals surface area contributed by atoms with E-state index in [9.17, 15) is 24.8 Å². The van der Waals surface area contributed by atoms with Crippen LogP contribution in [0.1, 0.15) is 44.6 Å². The number of amidine groups is 1. The van der Waals surface area contributed by atoms with E-state index in [1.54, 1.807) is 0 Å². The van der Waals surface area contributed by atoms with Crippen molar-refractivity contribution in [3.05, 3.63) is 75.1 Å². The highest BCUT2D eigenvalue weighted by Gasteiger charge is 2.49. The molecule has 1 aromatic heterocycles. The number of unbranched alkanes of at least 4 members (excludes halogenated alkanes) is 1. The first-order valence-corrected chi connectivity index (χ1v) is 15.6. The van der Waals surface area contributed by atoms with Crippen LogP contribution in [0.4, 0.5) is 0 Å². The van der Waals surface area contributed by atoms with E-state index >= 15 is 0 Å². The maximum atomic E-state index is 13.1. The fraction of sp³-hybridized carbons (Fsp3) is 0.419. The van der Waals surface area contributed by atoms with Gasteiger partial charge in [-0.05, 0) is 35.6 Å². The van der Waals surface area contributed by atoms with Crippen LogP contribution in [0.15, 0.2) is 64.4 Å². The number of aromatic nitrogens is 4. The monoisotopic (exact) mass is 668 g/mol. The normalized spacial score (nSPS) is 22.3. The van der Waals surface area contributed by atoms with Gasteiger partial charge < -0.3 is 19.4 Å². The van der Waals surface area contributed by atoms with Gasteiger partial charge in [-0.2, -0.15) is 10.2 Å². The summed E-state index contributed by atoms with van der Waals surface area (Å²) < 4.78 is 10.7. The number of nitrogens with one attached hydrogen (secondary N) is 1. The third-order valence-corrected chi connectivity index (χ3v) is 8.82. The second-order valence-electron chi connectivity index (χ2n) is 11.4. The van der Waals surface area contributed by atoms with Crippen molar-refractivity contribution in [2.45, 2.75) is 57.8 Å². The highest BCUT2D eigenvalue weighted by atomic mass is 35.5. The molecule has 5 rings (SSSR count). The van der Waals surface area contributed by atoms with Gasteiger partial charge in [0, 0.05) is 24.7 Å². The van der Waals surface area contributed by atoms with Gasteiger partial charge in [0.2, 0.25) is 16.8 Å². The molecule has 3 aromatic rings. The van der Waals surface area contributed by atoms with Gasteiger partial charge in [0.15, 0.2) is 0 Å². The van der Waals surface area contributed by atoms with E-state index in [0.29, 0.717) is 18.1 Å². The number of aromatic amines is 1. The Morgan fingerprint density at radius 2 is 1.85 bits per heavy atom. The standard InChI is InChI=1S/C31H34ClN7O8/c1-3-4-9-26-33-28(32)27(30(40)41)39(26,14-15-46-31(42)21-16-24(45-2)25(17-21)47-38(43)44)18-19-10-12-20(13-11-19)22-7-5-6-8-23(22)29-34-36-37-35-29/h5-8,10-13,21,24-25H,3-4,9,14-18H2,1-2H3,(H-,34,35,36,37,40,41)/p+1/t21-,24-,25-,39?/m0/s1. The van der Waals surface area contributed by atoms with Crippen molar-refractivity contribution >= 4 is 29.4 Å². The number of nitrogens with zero attached hydrogens (tertiary/aromatic N) is 6. The minimum absolute atomic E-state index is 0.0593. The van der Waals surface area contributed by atoms with Crippen molar-refractivity contribution in [3.8, 4) is 22.5 Å². The molecule has 1 fully saturated rings. The fourth-order valence-corrected chi connectivity index (χ4v) is 6.62. The van der Waals surface area contributed by atoms with Gasteiger partial charge in [0.05, 0.1) is 12.0 Å². The number of hydrogen-bond acceptors (Lipinski definition) is 11. The number of esters is 1. The highest BCUT2D eigenvalue weighted by molar-refractivity contribution is 6.32. The average Bonchev–Trinajstić information content (AvgIpc) is 3.79. The van der Waals surface area contributed by atoms with Crippen molar-refractivity contribution in [1.82, 2.24) is 20.6 Å². The molecular formula is C31H35ClN7O8+. The van der Waals surface area contributed by atoms with Crippen LogP contribution in [0.25, 0.3) is 22.5 Å². The van der Waals surface area contributed by atoms with E-state index in [-0.39, 0.29) is 47.9 Å². The molecule has 1 aliphatic heterocycles. The zero-order valence-electron chi connectivity index (χ0n) is 25.9. The van der Waals surface area contributed by atoms with Crippen LogP contribution in [0.2, 0.25) is 0 Å². The minimum atomic E-state index is -1.22. The van der Waals surface area contributed by atoms with Crippen molar-refractivity contribution in [2.24, 2.45) is 10.9 Å². The molecule has 0 bridgehead atoms. The molecule has 248 valence electrons. The summed E-state index contributed by atoms with van der Waals surface area (Å²) in [5.74, 6) is -1.44. The fourth-order valence-electron chi connectivity index (χ4n) is 6.28. The van der Waals surface area contributed by atoms with Gasteiger partial charge in [-0.1, -0.05) is 73.5 Å². The van der Waals surface area contributed by atoms with E-state index in [0.717, 1.165) is 35.1 Å². The molecule has 0 saturated heterocycles. The van der Waals surface area contributed by atoms with Crippen LogP contribution >= 0.6 is 11.6 Å². The summed E-state index contributed by atoms with van der Waals surface area (Å²) in [4.78, 5) is 45.9. The summed E-state index contributed by atoms with van der Waals surface area (Å²) >= 11 is 6.49. The Balaban J connectivity index is 1.39. The number of carbonyl (C=O) groups is 2. The second kappa shape index (κ2) is 14.8. The molecule has 2 heterocycles. The lowest BCUT2D eigenvalue weighted by Crippen LogP contribution is -2.53. The van der Waals surface area contributed by atoms with Gasteiger partial charge in [0.1, 0.15) is 25.8 Å². The summed E-state index contributed by atoms with van der Waals surface area (Å²) in [5, 5.41) is 34.6. The number of halogens is 1. The Bertz CT molecular complexity index is 1660. The Morgan fingerprint density at radius 1 is 1.13 bits per heavy atom. The molecule has 15 nitrogen and oxygen atoms in total. The molecule has 0 spiro atoms. The Morgan fingerprint density at radius 3 is 2.49 bits per heavy atom. The number of quaternary nitrogens is 1. The van der Waals surface area contributed by atoms with Crippen molar-refractivity contribution in [3.63, 3.8) is 0 Å². The van der Waals surface area contributed by atoms with Crippen LogP contribution in [0, 0.1) is 16.0 Å². The number of aliphatic imine (C=N–C) groups is 1. The lowest BCUT2D eigenvalue weighted by molar-refractivity contribution is -0.812. The highest BCUT2D eigenvalue weighted by Crippen LogP contribution is 2.38. The number of hydrogen-bond donors (Lipinski definition) is 2. The first kappa shape index (κ1) is 33.6. The molecule has 2 N–H and O–H groups in total. The zero-order valence-corrected chi connectivity index (χ0v) is 26.6. The third-order valence-electron chi connectivity index (χ3n) is 8.56. The number of benzene rings is 2. The Kier molecular flexibility index (Phi) is 10.6. The number of tetrazole rings is 1. The SMILES string of the molecule is CCCCC1=NC(Cl)=C(C(=O)O)[N+]1(CCOC(=O)[C@H]1C[C@H](OC)[C@@H](O[N+](=O)[O-])C1)Cc1ccc(-c2ccccc2-c2nn[nH]n2)cc1. The van der Waals surface area contributed by atoms with Crippen molar-refractivity contribution in [1.29, 1.82) is 0 Å². The molecule has 47 heavy (non-hydrogen) atoms. The number of H-pyrrole nitrogens is 1. The number of carbonyl (C=O) groups excluding carboxylic acids is 1. The van der Waals surface area contributed by atoms with Crippen LogP contribution in [-0.4, -0.2) is 85.5 Å². The summed E-state index contributed by atoms with van der Waals surface area (Å²) in [5.41, 5.74) is 3.30. The van der Waals surface area contributed by atoms with Gasteiger partial charge in [-0.15, -0.1) is 20.3 Å². The van der Waals surface area contributed by atoms with Crippen molar-refractivity contribution < 1.29 is 38.6 Å². The molecule has 2 aliphatic rings. The van der Waals surface area contributed by atoms with Gasteiger partial charge in [-0.25, -0.2) is 9.28 Å². The molecule has 4 atom stereocenters. The van der Waals surface area contributed by atoms with Crippen LogP contribution in [0.5, 0.6) is 0 Å². The molecule has 0 radical (unpaired) electrons. The van der Waals surface area contributed by atoms with Gasteiger partial charge in [-0.3, -0.25) is 4.79 Å². The smallest absolute Gasteiger partial charge is 0.394 e. The quantitative estimate of drug-likeness (QED) is 0.0762. The number of carboxylic acid groups (broad SMARTS) is 1. The maximum Gasteiger partial charge on any atom is 0.394 e. The second-order valence-corrected chi connectivity index (χ2v) is 11.7. The molecule has 1 saturated carbocycles. The number of aliphatic carboxylic acids is 1. The predicted octanol–water partition coefficient (Wildman–Crippen LogP) is 4.49. The third kappa shape index (κ3) is 7.32. The Hall–Kier alpha value is -4.73. The van der Waals surface area contributed by atoms with Gasteiger partial charge in [0.25, 0.3) is 10.8 Å². The molecule has 1 aliphatic carbocycles. The average molecular weight is 669 g/mol. The lowest BCUT2D eigenvalue weighted by Gasteiger charge is -2.35. The summed E-state index contributed by atoms with van der Waals surface area (Å²) in [7, 11) is 1.40. The largest absolute Gasteiger partial charge is 0.474 e. The first-order chi connectivity index (χ1) is 22.7. The van der Waals surface area contributed by atoms with E-state index in [4.69, 9.17) is 25.9 Å². The predicted molar refractivity (Wildman–Crippen MR) is 168 cm³/mol. The number of ether oxygens (including phenoxy) is 2. The summed E-state index contributed by atoms with van der Waals surface area (Å²) in [6.45, 7) is 2.13. The molecule has 2 aromatic carbocycles. The Labute approximate surface area is 274 Å². The first-order valence-electron chi connectivity index (χ1n) is 15.2.